The highest BCUT2D eigenvalue weighted by Gasteiger charge is 2.17. The number of nitrogens with one attached hydrogen (secondary N) is 2. The van der Waals surface area contributed by atoms with E-state index in [0.717, 1.165) is 19.8 Å². The maximum Gasteiger partial charge on any atom is 0.253 e. The first kappa shape index (κ1) is 15.5. The Labute approximate surface area is 133 Å². The zero-order valence-corrected chi connectivity index (χ0v) is 13.9. The van der Waals surface area contributed by atoms with Crippen LogP contribution in [0.5, 0.6) is 0 Å². The van der Waals surface area contributed by atoms with Crippen molar-refractivity contribution in [1.29, 1.82) is 0 Å². The molecule has 1 unspecified atom stereocenters. The molecule has 0 bridgehead atoms. The summed E-state index contributed by atoms with van der Waals surface area (Å²) < 4.78 is 6.72. The first-order valence-electron chi connectivity index (χ1n) is 5.93. The summed E-state index contributed by atoms with van der Waals surface area (Å²) in [6.45, 7) is 0.0943. The molecule has 1 heterocycles. The molecule has 5 nitrogen and oxygen atoms in total. The third-order valence-corrected chi connectivity index (χ3v) is 4.73. The Balaban J connectivity index is 2.28. The van der Waals surface area contributed by atoms with E-state index in [2.05, 4.69) is 42.2 Å². The van der Waals surface area contributed by atoms with Gasteiger partial charge in [-0.1, -0.05) is 0 Å². The van der Waals surface area contributed by atoms with Crippen LogP contribution in [0.25, 0.3) is 10.9 Å². The molecule has 20 heavy (non-hydrogen) atoms. The van der Waals surface area contributed by atoms with Crippen molar-refractivity contribution in [3.05, 3.63) is 32.8 Å². The number of rotatable bonds is 5. The Morgan fingerprint density at radius 1 is 1.45 bits per heavy atom. The highest BCUT2D eigenvalue weighted by molar-refractivity contribution is 9.13. The molecule has 1 aromatic carbocycles. The number of benzene rings is 1. The van der Waals surface area contributed by atoms with Crippen LogP contribution < -0.4 is 5.32 Å². The maximum atomic E-state index is 12.2. The van der Waals surface area contributed by atoms with E-state index in [-0.39, 0.29) is 19.1 Å². The van der Waals surface area contributed by atoms with Crippen LogP contribution in [0.15, 0.2) is 27.3 Å². The van der Waals surface area contributed by atoms with E-state index in [1.807, 2.05) is 12.1 Å². The van der Waals surface area contributed by atoms with Gasteiger partial charge in [-0.3, -0.25) is 4.79 Å². The van der Waals surface area contributed by atoms with Crippen LogP contribution in [-0.2, 0) is 4.74 Å². The van der Waals surface area contributed by atoms with Crippen molar-refractivity contribution in [3.8, 4) is 0 Å². The Morgan fingerprint density at radius 3 is 2.80 bits per heavy atom. The number of fused-ring (bicyclic) bond motifs is 1. The average Bonchev–Trinajstić information content (AvgIpc) is 2.81. The zero-order valence-electron chi connectivity index (χ0n) is 10.7. The third-order valence-electron chi connectivity index (χ3n) is 2.89. The number of aromatic nitrogens is 1. The first-order chi connectivity index (χ1) is 9.56. The summed E-state index contributed by atoms with van der Waals surface area (Å²) in [7, 11) is 1.52. The molecule has 0 fully saturated rings. The molecule has 2 aromatic rings. The van der Waals surface area contributed by atoms with Gasteiger partial charge >= 0.3 is 0 Å². The molecule has 0 saturated carbocycles. The van der Waals surface area contributed by atoms with Gasteiger partial charge in [0.2, 0.25) is 0 Å². The quantitative estimate of drug-likeness (QED) is 0.715. The second-order valence-electron chi connectivity index (χ2n) is 4.32. The minimum Gasteiger partial charge on any atom is -0.394 e. The van der Waals surface area contributed by atoms with E-state index >= 15 is 0 Å². The Kier molecular flexibility index (Phi) is 5.20. The molecule has 2 rings (SSSR count). The fraction of sp³-hybridized carbons (Fsp3) is 0.308. The highest BCUT2D eigenvalue weighted by atomic mass is 79.9. The molecule has 0 aliphatic heterocycles. The number of hydrogen-bond donors (Lipinski definition) is 3. The number of H-pyrrole nitrogens is 1. The summed E-state index contributed by atoms with van der Waals surface area (Å²) in [5.41, 5.74) is 1.39. The van der Waals surface area contributed by atoms with Gasteiger partial charge in [0.1, 0.15) is 0 Å². The van der Waals surface area contributed by atoms with E-state index in [1.165, 1.54) is 7.11 Å². The number of aliphatic hydroxyl groups excluding tert-OH is 1. The van der Waals surface area contributed by atoms with Crippen LogP contribution in [0.4, 0.5) is 0 Å². The van der Waals surface area contributed by atoms with Gasteiger partial charge in [-0.2, -0.15) is 0 Å². The molecule has 1 amide bonds. The summed E-state index contributed by atoms with van der Waals surface area (Å²) >= 11 is 6.84. The predicted molar refractivity (Wildman–Crippen MR) is 83.9 cm³/mol. The van der Waals surface area contributed by atoms with Crippen molar-refractivity contribution in [3.63, 3.8) is 0 Å². The first-order valence-corrected chi connectivity index (χ1v) is 7.52. The third kappa shape index (κ3) is 3.22. The van der Waals surface area contributed by atoms with Crippen LogP contribution in [0.1, 0.15) is 10.4 Å². The van der Waals surface area contributed by atoms with Gasteiger partial charge in [0, 0.05) is 33.2 Å². The number of hydrogen-bond acceptors (Lipinski definition) is 3. The number of aliphatic hydroxyl groups is 1. The molecular weight excluding hydrogens is 392 g/mol. The second-order valence-corrected chi connectivity index (χ2v) is 6.03. The molecular formula is C13H14Br2N2O3. The van der Waals surface area contributed by atoms with Gasteiger partial charge < -0.3 is 20.1 Å². The fourth-order valence-electron chi connectivity index (χ4n) is 1.91. The topological polar surface area (TPSA) is 74.3 Å². The van der Waals surface area contributed by atoms with E-state index < -0.39 is 6.04 Å². The smallest absolute Gasteiger partial charge is 0.253 e. The lowest BCUT2D eigenvalue weighted by Crippen LogP contribution is -2.40. The standard InChI is InChI=1S/C13H14Br2N2O3/c1-20-6-7(5-18)17-13(19)9-4-16-12-3-11(15)10(14)2-8(9)12/h2-4,7,16,18H,5-6H2,1H3,(H,17,19). The second kappa shape index (κ2) is 6.71. The van der Waals surface area contributed by atoms with Crippen LogP contribution in [0.2, 0.25) is 0 Å². The lowest BCUT2D eigenvalue weighted by Gasteiger charge is -2.14. The number of carbonyl (C=O) groups is 1. The lowest BCUT2D eigenvalue weighted by atomic mass is 10.1. The van der Waals surface area contributed by atoms with Crippen LogP contribution in [-0.4, -0.2) is 42.4 Å². The van der Waals surface area contributed by atoms with Gasteiger partial charge in [-0.15, -0.1) is 0 Å². The lowest BCUT2D eigenvalue weighted by molar-refractivity contribution is 0.0841. The average molecular weight is 406 g/mol. The largest absolute Gasteiger partial charge is 0.394 e. The van der Waals surface area contributed by atoms with E-state index in [9.17, 15) is 9.90 Å². The van der Waals surface area contributed by atoms with Crippen molar-refractivity contribution in [1.82, 2.24) is 10.3 Å². The summed E-state index contributed by atoms with van der Waals surface area (Å²) in [6, 6.07) is 3.35. The van der Waals surface area contributed by atoms with Crippen molar-refractivity contribution in [2.45, 2.75) is 6.04 Å². The summed E-state index contributed by atoms with van der Waals surface area (Å²) in [6.07, 6.45) is 1.65. The minimum atomic E-state index is -0.420. The van der Waals surface area contributed by atoms with E-state index in [0.29, 0.717) is 5.56 Å². The Hall–Kier alpha value is -0.890. The minimum absolute atomic E-state index is 0.169. The summed E-state index contributed by atoms with van der Waals surface area (Å²) in [4.78, 5) is 15.3. The van der Waals surface area contributed by atoms with E-state index in [4.69, 9.17) is 4.74 Å². The molecule has 1 aromatic heterocycles. The van der Waals surface area contributed by atoms with Crippen molar-refractivity contribution < 1.29 is 14.6 Å². The molecule has 108 valence electrons. The Bertz CT molecular complexity index is 627. The molecule has 0 spiro atoms. The number of amides is 1. The predicted octanol–water partition coefficient (Wildman–Crippen LogP) is 2.43. The van der Waals surface area contributed by atoms with Gasteiger partial charge in [0.15, 0.2) is 0 Å². The van der Waals surface area contributed by atoms with Crippen LogP contribution in [0, 0.1) is 0 Å². The number of ether oxygens (including phenoxy) is 1. The molecule has 0 saturated heterocycles. The molecule has 7 heteroatoms. The van der Waals surface area contributed by atoms with Gasteiger partial charge in [-0.05, 0) is 44.0 Å². The van der Waals surface area contributed by atoms with Crippen molar-refractivity contribution >= 4 is 48.7 Å². The maximum absolute atomic E-state index is 12.2. The summed E-state index contributed by atoms with van der Waals surface area (Å²) in [5, 5.41) is 12.7. The molecule has 1 atom stereocenters. The number of carbonyl (C=O) groups excluding carboxylic acids is 1. The molecule has 0 aliphatic rings. The SMILES string of the molecule is COCC(CO)NC(=O)c1c[nH]c2cc(Br)c(Br)cc12. The van der Waals surface area contributed by atoms with Crippen LogP contribution >= 0.6 is 31.9 Å². The highest BCUT2D eigenvalue weighted by Crippen LogP contribution is 2.30. The van der Waals surface area contributed by atoms with E-state index in [1.54, 1.807) is 6.20 Å². The number of halogens is 2. The normalized spacial score (nSPS) is 12.6. The van der Waals surface area contributed by atoms with Gasteiger partial charge in [0.05, 0.1) is 24.8 Å². The molecule has 0 radical (unpaired) electrons. The van der Waals surface area contributed by atoms with Crippen molar-refractivity contribution in [2.24, 2.45) is 0 Å². The number of methoxy groups -OCH3 is 1. The zero-order chi connectivity index (χ0) is 14.7. The Morgan fingerprint density at radius 2 is 2.15 bits per heavy atom. The van der Waals surface area contributed by atoms with Gasteiger partial charge in [0.25, 0.3) is 5.91 Å². The molecule has 0 aliphatic carbocycles. The van der Waals surface area contributed by atoms with Crippen LogP contribution in [0.3, 0.4) is 0 Å². The monoisotopic (exact) mass is 404 g/mol. The fourth-order valence-corrected chi connectivity index (χ4v) is 2.60. The van der Waals surface area contributed by atoms with Crippen molar-refractivity contribution in [2.75, 3.05) is 20.3 Å². The summed E-state index contributed by atoms with van der Waals surface area (Å²) in [5.74, 6) is -0.249. The molecule has 3 N–H and O–H groups in total. The van der Waals surface area contributed by atoms with Gasteiger partial charge in [-0.25, -0.2) is 0 Å². The number of aromatic amines is 1.